The van der Waals surface area contributed by atoms with Crippen LogP contribution in [0.4, 0.5) is 4.79 Å². The highest BCUT2D eigenvalue weighted by Gasteiger charge is 2.34. The smallest absolute Gasteiger partial charge is 0.407 e. The minimum absolute atomic E-state index is 0.0452. The standard InChI is InChI=1S/C28H36N2O5/c1-28(2,3)25(26(33)29-17-11-5-4-6-16-24(31)32)30-27(34)35-18-23-21-14-9-7-12-19(21)20-13-8-10-15-22(20)23/h7-10,12-15,23,25H,4-6,11,16-18H2,1-3H3,(H,29,33)(H,30,34)(H,31,32). The number of carboxylic acid groups (broad SMARTS) is 1. The van der Waals surface area contributed by atoms with Gasteiger partial charge >= 0.3 is 12.1 Å². The van der Waals surface area contributed by atoms with Crippen LogP contribution < -0.4 is 10.6 Å². The number of amides is 2. The Labute approximate surface area is 207 Å². The lowest BCUT2D eigenvalue weighted by molar-refractivity contribution is -0.137. The van der Waals surface area contributed by atoms with Crippen molar-refractivity contribution in [1.82, 2.24) is 10.6 Å². The van der Waals surface area contributed by atoms with Crippen molar-refractivity contribution in [3.05, 3.63) is 59.7 Å². The minimum atomic E-state index is -0.786. The van der Waals surface area contributed by atoms with Gasteiger partial charge < -0.3 is 20.5 Å². The van der Waals surface area contributed by atoms with Crippen LogP contribution in [0.25, 0.3) is 11.1 Å². The molecular weight excluding hydrogens is 444 g/mol. The molecule has 1 unspecified atom stereocenters. The summed E-state index contributed by atoms with van der Waals surface area (Å²) in [4.78, 5) is 36.1. The zero-order valence-electron chi connectivity index (χ0n) is 20.8. The molecule has 0 heterocycles. The lowest BCUT2D eigenvalue weighted by Crippen LogP contribution is -2.53. The average Bonchev–Trinajstić information content (AvgIpc) is 3.13. The number of nitrogens with one attached hydrogen (secondary N) is 2. The molecule has 0 bridgehead atoms. The van der Waals surface area contributed by atoms with Crippen molar-refractivity contribution >= 4 is 18.0 Å². The molecule has 0 radical (unpaired) electrons. The number of benzene rings is 2. The third-order valence-electron chi connectivity index (χ3n) is 6.35. The van der Waals surface area contributed by atoms with Crippen LogP contribution in [-0.2, 0) is 14.3 Å². The lowest BCUT2D eigenvalue weighted by Gasteiger charge is -2.30. The molecule has 0 fully saturated rings. The fourth-order valence-corrected chi connectivity index (χ4v) is 4.50. The van der Waals surface area contributed by atoms with Crippen molar-refractivity contribution in [2.75, 3.05) is 13.2 Å². The molecule has 1 aliphatic rings. The summed E-state index contributed by atoms with van der Waals surface area (Å²) in [7, 11) is 0. The zero-order valence-corrected chi connectivity index (χ0v) is 20.8. The van der Waals surface area contributed by atoms with Crippen molar-refractivity contribution < 1.29 is 24.2 Å². The molecule has 3 N–H and O–H groups in total. The van der Waals surface area contributed by atoms with E-state index in [1.54, 1.807) is 0 Å². The summed E-state index contributed by atoms with van der Waals surface area (Å²) in [5, 5.41) is 14.3. The highest BCUT2D eigenvalue weighted by Crippen LogP contribution is 2.44. The second-order valence-electron chi connectivity index (χ2n) is 10.1. The molecule has 1 aliphatic carbocycles. The van der Waals surface area contributed by atoms with Gasteiger partial charge in [-0.25, -0.2) is 4.79 Å². The summed E-state index contributed by atoms with van der Waals surface area (Å²) in [5.74, 6) is -1.08. The molecule has 2 aromatic rings. The van der Waals surface area contributed by atoms with E-state index in [0.29, 0.717) is 13.0 Å². The minimum Gasteiger partial charge on any atom is -0.481 e. The van der Waals surface area contributed by atoms with Gasteiger partial charge in [0.1, 0.15) is 12.6 Å². The number of hydrogen-bond donors (Lipinski definition) is 3. The van der Waals surface area contributed by atoms with Crippen LogP contribution in [0.5, 0.6) is 0 Å². The van der Waals surface area contributed by atoms with E-state index in [-0.39, 0.29) is 24.9 Å². The zero-order chi connectivity index (χ0) is 25.4. The maximum atomic E-state index is 12.8. The average molecular weight is 481 g/mol. The number of carboxylic acids is 1. The van der Waals surface area contributed by atoms with Gasteiger partial charge in [-0.15, -0.1) is 0 Å². The SMILES string of the molecule is CC(C)(C)C(NC(=O)OCC1c2ccccc2-c2ccccc21)C(=O)NCCCCCCC(=O)O. The summed E-state index contributed by atoms with van der Waals surface area (Å²) in [6.07, 6.45) is 2.60. The van der Waals surface area contributed by atoms with Gasteiger partial charge in [-0.2, -0.15) is 0 Å². The van der Waals surface area contributed by atoms with Gasteiger partial charge in [0.05, 0.1) is 0 Å². The largest absolute Gasteiger partial charge is 0.481 e. The molecule has 7 nitrogen and oxygen atoms in total. The predicted molar refractivity (Wildman–Crippen MR) is 135 cm³/mol. The number of carbonyl (C=O) groups excluding carboxylic acids is 2. The van der Waals surface area contributed by atoms with Crippen LogP contribution in [0.2, 0.25) is 0 Å². The van der Waals surface area contributed by atoms with Crippen molar-refractivity contribution in [1.29, 1.82) is 0 Å². The Bertz CT molecular complexity index is 998. The Morgan fingerprint density at radius 3 is 2.06 bits per heavy atom. The molecule has 0 saturated carbocycles. The maximum absolute atomic E-state index is 12.8. The van der Waals surface area contributed by atoms with E-state index >= 15 is 0 Å². The first-order valence-electron chi connectivity index (χ1n) is 12.3. The van der Waals surface area contributed by atoms with E-state index in [0.717, 1.165) is 41.5 Å². The number of carbonyl (C=O) groups is 3. The molecule has 3 rings (SSSR count). The third-order valence-corrected chi connectivity index (χ3v) is 6.35. The quantitative estimate of drug-likeness (QED) is 0.389. The van der Waals surface area contributed by atoms with Gasteiger partial charge in [-0.1, -0.05) is 82.1 Å². The number of ether oxygens (including phenoxy) is 1. The van der Waals surface area contributed by atoms with E-state index in [4.69, 9.17) is 9.84 Å². The predicted octanol–water partition coefficient (Wildman–Crippen LogP) is 5.09. The van der Waals surface area contributed by atoms with Crippen LogP contribution in [0.15, 0.2) is 48.5 Å². The van der Waals surface area contributed by atoms with Crippen LogP contribution in [0, 0.1) is 5.41 Å². The molecule has 2 amide bonds. The van der Waals surface area contributed by atoms with Gasteiger partial charge in [0.2, 0.25) is 5.91 Å². The van der Waals surface area contributed by atoms with E-state index in [2.05, 4.69) is 34.9 Å². The Balaban J connectivity index is 1.52. The third kappa shape index (κ3) is 7.07. The molecular formula is C28H36N2O5. The van der Waals surface area contributed by atoms with Gasteiger partial charge in [0.25, 0.3) is 0 Å². The van der Waals surface area contributed by atoms with Crippen LogP contribution in [-0.4, -0.2) is 42.3 Å². The van der Waals surface area contributed by atoms with Crippen molar-refractivity contribution in [2.45, 2.75) is 64.8 Å². The number of alkyl carbamates (subject to hydrolysis) is 1. The molecule has 7 heteroatoms. The van der Waals surface area contributed by atoms with Crippen LogP contribution in [0.1, 0.15) is 69.9 Å². The Morgan fingerprint density at radius 1 is 0.914 bits per heavy atom. The van der Waals surface area contributed by atoms with E-state index < -0.39 is 23.5 Å². The highest BCUT2D eigenvalue weighted by atomic mass is 16.5. The first-order valence-corrected chi connectivity index (χ1v) is 12.3. The number of rotatable bonds is 11. The van der Waals surface area contributed by atoms with Crippen molar-refractivity contribution in [2.24, 2.45) is 5.41 Å². The topological polar surface area (TPSA) is 105 Å². The summed E-state index contributed by atoms with van der Waals surface area (Å²) in [6, 6.07) is 15.5. The van der Waals surface area contributed by atoms with Gasteiger partial charge in [-0.3, -0.25) is 9.59 Å². The Hall–Kier alpha value is -3.35. The Morgan fingerprint density at radius 2 is 1.49 bits per heavy atom. The molecule has 0 aliphatic heterocycles. The molecule has 0 saturated heterocycles. The molecule has 35 heavy (non-hydrogen) atoms. The second kappa shape index (κ2) is 11.9. The number of unbranched alkanes of at least 4 members (excludes halogenated alkanes) is 3. The number of fused-ring (bicyclic) bond motifs is 3. The van der Waals surface area contributed by atoms with Crippen LogP contribution >= 0.6 is 0 Å². The normalized spacial score (nSPS) is 13.5. The first-order chi connectivity index (χ1) is 16.7. The van der Waals surface area contributed by atoms with Gasteiger partial charge in [-0.05, 0) is 40.5 Å². The van der Waals surface area contributed by atoms with Gasteiger partial charge in [0, 0.05) is 18.9 Å². The molecule has 0 spiro atoms. The summed E-state index contributed by atoms with van der Waals surface area (Å²) in [5.41, 5.74) is 4.08. The van der Waals surface area contributed by atoms with E-state index in [1.807, 2.05) is 45.0 Å². The number of aliphatic carboxylic acids is 1. The molecule has 2 aromatic carbocycles. The fourth-order valence-electron chi connectivity index (χ4n) is 4.50. The Kier molecular flexibility index (Phi) is 8.90. The van der Waals surface area contributed by atoms with Crippen molar-refractivity contribution in [3.8, 4) is 11.1 Å². The first kappa shape index (κ1) is 26.3. The van der Waals surface area contributed by atoms with Crippen molar-refractivity contribution in [3.63, 3.8) is 0 Å². The fraction of sp³-hybridized carbons (Fsp3) is 0.464. The maximum Gasteiger partial charge on any atom is 0.407 e. The monoisotopic (exact) mass is 480 g/mol. The lowest BCUT2D eigenvalue weighted by atomic mass is 9.86. The number of hydrogen-bond acceptors (Lipinski definition) is 4. The van der Waals surface area contributed by atoms with Gasteiger partial charge in [0.15, 0.2) is 0 Å². The molecule has 1 atom stereocenters. The molecule has 0 aromatic heterocycles. The second-order valence-corrected chi connectivity index (χ2v) is 10.1. The van der Waals surface area contributed by atoms with Crippen LogP contribution in [0.3, 0.4) is 0 Å². The molecule has 188 valence electrons. The summed E-state index contributed by atoms with van der Waals surface area (Å²) >= 11 is 0. The van der Waals surface area contributed by atoms with E-state index in [9.17, 15) is 14.4 Å². The summed E-state index contributed by atoms with van der Waals surface area (Å²) in [6.45, 7) is 6.35. The van der Waals surface area contributed by atoms with E-state index in [1.165, 1.54) is 0 Å². The summed E-state index contributed by atoms with van der Waals surface area (Å²) < 4.78 is 5.63. The highest BCUT2D eigenvalue weighted by molar-refractivity contribution is 5.86.